The molecule has 0 radical (unpaired) electrons. The first kappa shape index (κ1) is 20.6. The van der Waals surface area contributed by atoms with Gasteiger partial charge in [0, 0.05) is 13.0 Å². The fourth-order valence-corrected chi connectivity index (χ4v) is 1.80. The van der Waals surface area contributed by atoms with Crippen molar-refractivity contribution in [3.8, 4) is 0 Å². The van der Waals surface area contributed by atoms with Crippen molar-refractivity contribution in [3.05, 3.63) is 0 Å². The molecule has 0 saturated carbocycles. The Balaban J connectivity index is 4.03. The predicted octanol–water partition coefficient (Wildman–Crippen LogP) is 1.57. The number of hydrogen-bond acceptors (Lipinski definition) is 5. The van der Waals surface area contributed by atoms with Gasteiger partial charge in [0.25, 0.3) is 0 Å². The van der Waals surface area contributed by atoms with Crippen molar-refractivity contribution >= 4 is 30.6 Å². The van der Waals surface area contributed by atoms with Crippen LogP contribution in [0.4, 0.5) is 4.79 Å². The number of aliphatic carboxylic acids is 1. The molecule has 0 aromatic heterocycles. The van der Waals surface area contributed by atoms with Crippen molar-refractivity contribution in [1.82, 2.24) is 10.6 Å². The van der Waals surface area contributed by atoms with Crippen molar-refractivity contribution < 1.29 is 24.2 Å². The number of ether oxygens (including phenoxy) is 1. The van der Waals surface area contributed by atoms with E-state index < -0.39 is 23.7 Å². The second-order valence-corrected chi connectivity index (χ2v) is 6.30. The number of rotatable bonds is 9. The van der Waals surface area contributed by atoms with Crippen LogP contribution in [-0.2, 0) is 14.3 Å². The molecule has 0 rings (SSSR count). The topological polar surface area (TPSA) is 105 Å². The highest BCUT2D eigenvalue weighted by Crippen LogP contribution is 2.08. The standard InChI is InChI=1S/C14H26N2O5S/c1-14(2,3)21-13(20)16-10(12(18)19)6-4-5-8-15-11(17)7-9-22/h10,22H,4-9H2,1-3H3,(H,15,17)(H,16,20)(H,18,19)/t10-/m0/s1. The second-order valence-electron chi connectivity index (χ2n) is 5.86. The van der Waals surface area contributed by atoms with E-state index in [4.69, 9.17) is 9.84 Å². The Morgan fingerprint density at radius 1 is 1.23 bits per heavy atom. The van der Waals surface area contributed by atoms with Gasteiger partial charge in [0.05, 0.1) is 0 Å². The van der Waals surface area contributed by atoms with Gasteiger partial charge in [0.15, 0.2) is 0 Å². The summed E-state index contributed by atoms with van der Waals surface area (Å²) in [4.78, 5) is 33.9. The van der Waals surface area contributed by atoms with Crippen molar-refractivity contribution in [3.63, 3.8) is 0 Å². The molecular formula is C14H26N2O5S. The summed E-state index contributed by atoms with van der Waals surface area (Å²) < 4.78 is 5.03. The maximum Gasteiger partial charge on any atom is 0.408 e. The Bertz CT molecular complexity index is 382. The number of carbonyl (C=O) groups excluding carboxylic acids is 2. The van der Waals surface area contributed by atoms with E-state index in [1.165, 1.54) is 0 Å². The van der Waals surface area contributed by atoms with Gasteiger partial charge in [-0.25, -0.2) is 9.59 Å². The number of amides is 2. The van der Waals surface area contributed by atoms with Gasteiger partial charge in [-0.05, 0) is 45.8 Å². The van der Waals surface area contributed by atoms with E-state index in [1.54, 1.807) is 20.8 Å². The average Bonchev–Trinajstić information content (AvgIpc) is 2.34. The summed E-state index contributed by atoms with van der Waals surface area (Å²) in [6.45, 7) is 5.59. The van der Waals surface area contributed by atoms with Crippen LogP contribution in [0.25, 0.3) is 0 Å². The number of nitrogens with one attached hydrogen (secondary N) is 2. The smallest absolute Gasteiger partial charge is 0.408 e. The molecule has 0 spiro atoms. The molecule has 1 atom stereocenters. The fraction of sp³-hybridized carbons (Fsp3) is 0.786. The summed E-state index contributed by atoms with van der Waals surface area (Å²) in [6.07, 6.45) is 1.09. The number of alkyl carbamates (subject to hydrolysis) is 1. The minimum Gasteiger partial charge on any atom is -0.480 e. The molecule has 7 nitrogen and oxygen atoms in total. The van der Waals surface area contributed by atoms with Crippen LogP contribution in [0.2, 0.25) is 0 Å². The first-order chi connectivity index (χ1) is 10.2. The van der Waals surface area contributed by atoms with E-state index in [2.05, 4.69) is 23.3 Å². The molecule has 0 aliphatic carbocycles. The maximum absolute atomic E-state index is 11.6. The van der Waals surface area contributed by atoms with Crippen LogP contribution in [0.5, 0.6) is 0 Å². The molecule has 0 saturated heterocycles. The number of carbonyl (C=O) groups is 3. The largest absolute Gasteiger partial charge is 0.480 e. The van der Waals surface area contributed by atoms with Gasteiger partial charge < -0.3 is 20.5 Å². The molecule has 128 valence electrons. The van der Waals surface area contributed by atoms with E-state index in [0.29, 0.717) is 31.6 Å². The highest BCUT2D eigenvalue weighted by atomic mass is 32.1. The molecule has 22 heavy (non-hydrogen) atoms. The molecule has 0 aliphatic heterocycles. The van der Waals surface area contributed by atoms with Gasteiger partial charge in [-0.15, -0.1) is 0 Å². The minimum absolute atomic E-state index is 0.0725. The van der Waals surface area contributed by atoms with Gasteiger partial charge >= 0.3 is 12.1 Å². The third-order valence-corrected chi connectivity index (χ3v) is 2.79. The summed E-state index contributed by atoms with van der Waals surface area (Å²) in [5, 5.41) is 14.1. The number of carboxylic acids is 1. The molecule has 0 aromatic rings. The van der Waals surface area contributed by atoms with Gasteiger partial charge in [0.2, 0.25) is 5.91 Å². The summed E-state index contributed by atoms with van der Waals surface area (Å²) in [5.74, 6) is -0.686. The fourth-order valence-electron chi connectivity index (χ4n) is 1.60. The van der Waals surface area contributed by atoms with Crippen molar-refractivity contribution in [2.45, 2.75) is 58.1 Å². The van der Waals surface area contributed by atoms with E-state index in [-0.39, 0.29) is 12.3 Å². The van der Waals surface area contributed by atoms with Crippen molar-refractivity contribution in [2.75, 3.05) is 12.3 Å². The zero-order valence-corrected chi connectivity index (χ0v) is 14.2. The number of hydrogen-bond donors (Lipinski definition) is 4. The van der Waals surface area contributed by atoms with Crippen LogP contribution in [0.15, 0.2) is 0 Å². The highest BCUT2D eigenvalue weighted by molar-refractivity contribution is 7.80. The Morgan fingerprint density at radius 2 is 1.86 bits per heavy atom. The van der Waals surface area contributed by atoms with Gasteiger partial charge in [0.1, 0.15) is 11.6 Å². The van der Waals surface area contributed by atoms with E-state index >= 15 is 0 Å². The number of unbranched alkanes of at least 4 members (excludes halogenated alkanes) is 1. The third-order valence-electron chi connectivity index (χ3n) is 2.57. The van der Waals surface area contributed by atoms with Gasteiger partial charge in [-0.2, -0.15) is 12.6 Å². The molecule has 0 aliphatic rings. The molecule has 0 fully saturated rings. The summed E-state index contributed by atoms with van der Waals surface area (Å²) in [6, 6.07) is -0.997. The van der Waals surface area contributed by atoms with Crippen LogP contribution >= 0.6 is 12.6 Å². The van der Waals surface area contributed by atoms with E-state index in [0.717, 1.165) is 0 Å². The number of thiol groups is 1. The first-order valence-electron chi connectivity index (χ1n) is 7.25. The lowest BCUT2D eigenvalue weighted by Gasteiger charge is -2.22. The molecule has 2 amide bonds. The van der Waals surface area contributed by atoms with Crippen LogP contribution in [0.1, 0.15) is 46.5 Å². The van der Waals surface area contributed by atoms with Crippen molar-refractivity contribution in [2.24, 2.45) is 0 Å². The van der Waals surface area contributed by atoms with Crippen LogP contribution in [-0.4, -0.2) is 47.0 Å². The van der Waals surface area contributed by atoms with Crippen LogP contribution in [0, 0.1) is 0 Å². The zero-order valence-electron chi connectivity index (χ0n) is 13.3. The Labute approximate surface area is 136 Å². The summed E-state index contributed by atoms with van der Waals surface area (Å²) in [5.41, 5.74) is -0.676. The molecule has 0 bridgehead atoms. The van der Waals surface area contributed by atoms with Crippen molar-refractivity contribution in [1.29, 1.82) is 0 Å². The number of carboxylic acid groups (broad SMARTS) is 1. The van der Waals surface area contributed by atoms with Gasteiger partial charge in [-0.1, -0.05) is 0 Å². The first-order valence-corrected chi connectivity index (χ1v) is 7.89. The second kappa shape index (κ2) is 10.3. The molecule has 0 aromatic carbocycles. The zero-order chi connectivity index (χ0) is 17.2. The lowest BCUT2D eigenvalue weighted by molar-refractivity contribution is -0.139. The Kier molecular flexibility index (Phi) is 9.64. The summed E-state index contributed by atoms with van der Waals surface area (Å²) >= 11 is 3.96. The van der Waals surface area contributed by atoms with E-state index in [1.807, 2.05) is 0 Å². The molecule has 8 heteroatoms. The highest BCUT2D eigenvalue weighted by Gasteiger charge is 2.23. The SMILES string of the molecule is CC(C)(C)OC(=O)N[C@@H](CCCCNC(=O)CCS)C(=O)O. The molecule has 0 unspecified atom stereocenters. The van der Waals surface area contributed by atoms with Crippen LogP contribution in [0.3, 0.4) is 0 Å². The monoisotopic (exact) mass is 334 g/mol. The molecule has 0 heterocycles. The third kappa shape index (κ3) is 11.2. The maximum atomic E-state index is 11.6. The normalized spacial score (nSPS) is 12.4. The quantitative estimate of drug-likeness (QED) is 0.378. The predicted molar refractivity (Wildman–Crippen MR) is 86.1 cm³/mol. The lowest BCUT2D eigenvalue weighted by atomic mass is 10.1. The molecular weight excluding hydrogens is 308 g/mol. The lowest BCUT2D eigenvalue weighted by Crippen LogP contribution is -2.43. The Morgan fingerprint density at radius 3 is 2.36 bits per heavy atom. The van der Waals surface area contributed by atoms with E-state index in [9.17, 15) is 14.4 Å². The minimum atomic E-state index is -1.11. The Hall–Kier alpha value is -1.44. The van der Waals surface area contributed by atoms with Crippen LogP contribution < -0.4 is 10.6 Å². The van der Waals surface area contributed by atoms with Gasteiger partial charge in [-0.3, -0.25) is 4.79 Å². The molecule has 3 N–H and O–H groups in total. The average molecular weight is 334 g/mol. The summed E-state index contributed by atoms with van der Waals surface area (Å²) in [7, 11) is 0.